The predicted molar refractivity (Wildman–Crippen MR) is 51.9 cm³/mol. The highest BCUT2D eigenvalue weighted by Gasteiger charge is 1.97. The average molecular weight is 198 g/mol. The number of unbranched alkanes of at least 4 members (excludes halogenated alkanes) is 5. The second-order valence-corrected chi connectivity index (χ2v) is 3.55. The van der Waals surface area contributed by atoms with E-state index in [1.165, 1.54) is 38.3 Å². The monoisotopic (exact) mass is 198 g/mol. The SMILES string of the molecule is CCCCCCCC[n+]1cc(=O)o[n-]1. The van der Waals surface area contributed by atoms with Gasteiger partial charge in [-0.3, -0.25) is 5.27 Å². The van der Waals surface area contributed by atoms with Crippen LogP contribution in [0, 0.1) is 0 Å². The first-order chi connectivity index (χ1) is 6.83. The highest BCUT2D eigenvalue weighted by molar-refractivity contribution is 4.48. The van der Waals surface area contributed by atoms with Crippen LogP contribution < -0.4 is 15.6 Å². The Morgan fingerprint density at radius 2 is 2.00 bits per heavy atom. The summed E-state index contributed by atoms with van der Waals surface area (Å²) in [5, 5.41) is 3.58. The highest BCUT2D eigenvalue weighted by Crippen LogP contribution is 2.04. The summed E-state index contributed by atoms with van der Waals surface area (Å²) >= 11 is 0. The molecule has 0 radical (unpaired) electrons. The Bertz CT molecular complexity index is 290. The fourth-order valence-corrected chi connectivity index (χ4v) is 1.42. The second-order valence-electron chi connectivity index (χ2n) is 3.55. The molecule has 0 aliphatic heterocycles. The van der Waals surface area contributed by atoms with Crippen molar-refractivity contribution in [1.29, 1.82) is 0 Å². The van der Waals surface area contributed by atoms with Crippen LogP contribution in [0.25, 0.3) is 0 Å². The molecule has 0 saturated heterocycles. The van der Waals surface area contributed by atoms with Crippen molar-refractivity contribution in [1.82, 2.24) is 5.27 Å². The van der Waals surface area contributed by atoms with Crippen molar-refractivity contribution in [2.45, 2.75) is 52.0 Å². The van der Waals surface area contributed by atoms with Crippen LogP contribution >= 0.6 is 0 Å². The first kappa shape index (κ1) is 11.0. The summed E-state index contributed by atoms with van der Waals surface area (Å²) in [6.07, 6.45) is 8.85. The van der Waals surface area contributed by atoms with Crippen LogP contribution in [0.3, 0.4) is 0 Å². The number of rotatable bonds is 7. The number of aryl methyl sites for hydroxylation is 1. The third-order valence-corrected chi connectivity index (χ3v) is 2.23. The molecule has 4 heteroatoms. The summed E-state index contributed by atoms with van der Waals surface area (Å²) in [7, 11) is 0. The second kappa shape index (κ2) is 6.40. The molecular formula is C10H18N2O2. The van der Waals surface area contributed by atoms with Gasteiger partial charge in [0.15, 0.2) is 0 Å². The number of hydrogen-bond donors (Lipinski definition) is 0. The van der Waals surface area contributed by atoms with Gasteiger partial charge >= 0.3 is 5.63 Å². The van der Waals surface area contributed by atoms with E-state index in [1.54, 1.807) is 4.68 Å². The van der Waals surface area contributed by atoms with Crippen molar-refractivity contribution in [3.63, 3.8) is 0 Å². The molecule has 0 bridgehead atoms. The predicted octanol–water partition coefficient (Wildman–Crippen LogP) is 1.25. The summed E-state index contributed by atoms with van der Waals surface area (Å²) in [6.45, 7) is 3.00. The van der Waals surface area contributed by atoms with Crippen LogP contribution in [0.15, 0.2) is 15.5 Å². The first-order valence-corrected chi connectivity index (χ1v) is 5.36. The summed E-state index contributed by atoms with van der Waals surface area (Å²) < 4.78 is 5.99. The molecule has 0 saturated carbocycles. The minimum atomic E-state index is -0.365. The lowest BCUT2D eigenvalue weighted by molar-refractivity contribution is -0.767. The van der Waals surface area contributed by atoms with Crippen LogP contribution in [0.5, 0.6) is 0 Å². The first-order valence-electron chi connectivity index (χ1n) is 5.36. The molecule has 1 heterocycles. The van der Waals surface area contributed by atoms with Crippen molar-refractivity contribution < 1.29 is 9.20 Å². The number of nitrogens with zero attached hydrogens (tertiary/aromatic N) is 2. The lowest BCUT2D eigenvalue weighted by Crippen LogP contribution is -2.37. The molecule has 0 aromatic carbocycles. The fourth-order valence-electron chi connectivity index (χ4n) is 1.42. The molecule has 4 nitrogen and oxygen atoms in total. The molecule has 14 heavy (non-hydrogen) atoms. The van der Waals surface area contributed by atoms with Gasteiger partial charge in [-0.25, -0.2) is 9.48 Å². The van der Waals surface area contributed by atoms with Crippen LogP contribution in [0.2, 0.25) is 0 Å². The maximum Gasteiger partial charge on any atom is 0.388 e. The van der Waals surface area contributed by atoms with E-state index in [0.29, 0.717) is 0 Å². The topological polar surface area (TPSA) is 48.2 Å². The standard InChI is InChI=1S/C10H18N2O2/c1-2-3-4-5-6-7-8-12-9-10(13)14-11-12/h9H,2-8H2,1H3. The van der Waals surface area contributed by atoms with E-state index in [9.17, 15) is 4.79 Å². The molecule has 0 aliphatic carbocycles. The van der Waals surface area contributed by atoms with Crippen molar-refractivity contribution >= 4 is 0 Å². The summed E-state index contributed by atoms with van der Waals surface area (Å²) in [6, 6.07) is 0. The average Bonchev–Trinajstić information content (AvgIpc) is 2.58. The molecule has 0 fully saturated rings. The van der Waals surface area contributed by atoms with Gasteiger partial charge in [-0.05, 0) is 6.42 Å². The molecule has 1 rings (SSSR count). The molecule has 1 aromatic heterocycles. The zero-order chi connectivity index (χ0) is 10.2. The Morgan fingerprint density at radius 3 is 2.64 bits per heavy atom. The quantitative estimate of drug-likeness (QED) is 0.489. The Morgan fingerprint density at radius 1 is 1.29 bits per heavy atom. The van der Waals surface area contributed by atoms with Gasteiger partial charge in [0.2, 0.25) is 6.20 Å². The van der Waals surface area contributed by atoms with Crippen molar-refractivity contribution in [2.75, 3.05) is 0 Å². The maximum atomic E-state index is 10.6. The molecule has 0 amide bonds. The molecule has 0 aliphatic rings. The third-order valence-electron chi connectivity index (χ3n) is 2.23. The van der Waals surface area contributed by atoms with Gasteiger partial charge in [0.25, 0.3) is 0 Å². The lowest BCUT2D eigenvalue weighted by Gasteiger charge is -1.98. The Kier molecular flexibility index (Phi) is 5.04. The minimum absolute atomic E-state index is 0.365. The molecule has 0 atom stereocenters. The number of aromatic nitrogens is 2. The van der Waals surface area contributed by atoms with E-state index >= 15 is 0 Å². The molecular weight excluding hydrogens is 180 g/mol. The van der Waals surface area contributed by atoms with E-state index in [2.05, 4.69) is 16.7 Å². The lowest BCUT2D eigenvalue weighted by atomic mass is 10.1. The molecule has 80 valence electrons. The molecule has 1 aromatic rings. The third kappa shape index (κ3) is 4.25. The normalized spacial score (nSPS) is 10.6. The van der Waals surface area contributed by atoms with E-state index in [4.69, 9.17) is 0 Å². The largest absolute Gasteiger partial charge is 0.471 e. The van der Waals surface area contributed by atoms with Crippen LogP contribution in [0.1, 0.15) is 45.4 Å². The Labute approximate surface area is 83.9 Å². The Balaban J connectivity index is 2.02. The smallest absolute Gasteiger partial charge is 0.388 e. The summed E-state index contributed by atoms with van der Waals surface area (Å²) in [5.74, 6) is 0. The van der Waals surface area contributed by atoms with Crippen molar-refractivity contribution in [2.24, 2.45) is 0 Å². The highest BCUT2D eigenvalue weighted by atomic mass is 16.5. The number of hydrogen-bond acceptors (Lipinski definition) is 2. The van der Waals surface area contributed by atoms with Gasteiger partial charge < -0.3 is 4.52 Å². The van der Waals surface area contributed by atoms with Gasteiger partial charge in [-0.1, -0.05) is 32.6 Å². The van der Waals surface area contributed by atoms with Crippen LogP contribution in [0.4, 0.5) is 0 Å². The van der Waals surface area contributed by atoms with Crippen molar-refractivity contribution in [3.05, 3.63) is 16.6 Å². The Hall–Kier alpha value is -1.06. The molecule has 0 N–H and O–H groups in total. The zero-order valence-electron chi connectivity index (χ0n) is 8.74. The molecule has 0 unspecified atom stereocenters. The van der Waals surface area contributed by atoms with E-state index < -0.39 is 0 Å². The van der Waals surface area contributed by atoms with Gasteiger partial charge in [0.1, 0.15) is 6.54 Å². The van der Waals surface area contributed by atoms with E-state index in [1.807, 2.05) is 0 Å². The van der Waals surface area contributed by atoms with Crippen molar-refractivity contribution in [3.8, 4) is 0 Å². The van der Waals surface area contributed by atoms with Crippen LogP contribution in [-0.2, 0) is 6.54 Å². The summed E-state index contributed by atoms with van der Waals surface area (Å²) in [5.41, 5.74) is -0.365. The summed E-state index contributed by atoms with van der Waals surface area (Å²) in [4.78, 5) is 10.6. The van der Waals surface area contributed by atoms with Gasteiger partial charge in [-0.2, -0.15) is 0 Å². The molecule has 0 spiro atoms. The van der Waals surface area contributed by atoms with Crippen LogP contribution in [-0.4, -0.2) is 0 Å². The van der Waals surface area contributed by atoms with Gasteiger partial charge in [0, 0.05) is 6.42 Å². The van der Waals surface area contributed by atoms with Gasteiger partial charge in [0.05, 0.1) is 0 Å². The minimum Gasteiger partial charge on any atom is -0.471 e. The van der Waals surface area contributed by atoms with E-state index in [0.717, 1.165) is 13.0 Å². The van der Waals surface area contributed by atoms with E-state index in [-0.39, 0.29) is 5.63 Å². The van der Waals surface area contributed by atoms with Gasteiger partial charge in [-0.15, -0.1) is 0 Å². The zero-order valence-corrected chi connectivity index (χ0v) is 8.74. The fraction of sp³-hybridized carbons (Fsp3) is 0.800. The maximum absolute atomic E-state index is 10.6.